The van der Waals surface area contributed by atoms with E-state index in [-0.39, 0.29) is 0 Å². The zero-order valence-corrected chi connectivity index (χ0v) is 10.2. The van der Waals surface area contributed by atoms with Crippen LogP contribution in [0.4, 0.5) is 5.69 Å². The van der Waals surface area contributed by atoms with Crippen LogP contribution in [0.3, 0.4) is 0 Å². The maximum atomic E-state index is 5.78. The molecule has 2 nitrogen and oxygen atoms in total. The highest BCUT2D eigenvalue weighted by molar-refractivity contribution is 5.82. The van der Waals surface area contributed by atoms with Crippen molar-refractivity contribution in [2.24, 2.45) is 0 Å². The van der Waals surface area contributed by atoms with Gasteiger partial charge in [0, 0.05) is 16.6 Å². The highest BCUT2D eigenvalue weighted by Crippen LogP contribution is 2.25. The van der Waals surface area contributed by atoms with Crippen LogP contribution in [-0.4, -0.2) is 4.98 Å². The van der Waals surface area contributed by atoms with Gasteiger partial charge in [-0.2, -0.15) is 0 Å². The molecule has 0 aliphatic rings. The maximum Gasteiger partial charge on any atom is 0.0712 e. The van der Waals surface area contributed by atoms with Crippen LogP contribution in [0, 0.1) is 6.92 Å². The minimum absolute atomic E-state index is 0.789. The maximum absolute atomic E-state index is 5.78. The van der Waals surface area contributed by atoms with Crippen molar-refractivity contribution < 1.29 is 0 Å². The van der Waals surface area contributed by atoms with Crippen molar-refractivity contribution >= 4 is 16.6 Å². The average molecular weight is 234 g/mol. The summed E-state index contributed by atoms with van der Waals surface area (Å²) in [7, 11) is 0. The molecule has 1 aromatic heterocycles. The Bertz CT molecular complexity index is 717. The smallest absolute Gasteiger partial charge is 0.0712 e. The minimum atomic E-state index is 0.789. The fraction of sp³-hybridized carbons (Fsp3) is 0.0625. The molecule has 0 amide bonds. The SMILES string of the molecule is Cc1cc(N)ccc1-c1ccc2ccccc2n1. The summed E-state index contributed by atoms with van der Waals surface area (Å²) in [6.07, 6.45) is 0. The summed E-state index contributed by atoms with van der Waals surface area (Å²) in [6.45, 7) is 2.06. The van der Waals surface area contributed by atoms with Crippen LogP contribution in [-0.2, 0) is 0 Å². The molecule has 3 rings (SSSR count). The number of nitrogens with two attached hydrogens (primary N) is 1. The van der Waals surface area contributed by atoms with Gasteiger partial charge in [-0.3, -0.25) is 0 Å². The van der Waals surface area contributed by atoms with E-state index in [2.05, 4.69) is 25.1 Å². The normalized spacial score (nSPS) is 10.7. The Morgan fingerprint density at radius 2 is 1.78 bits per heavy atom. The van der Waals surface area contributed by atoms with E-state index in [9.17, 15) is 0 Å². The van der Waals surface area contributed by atoms with Crippen molar-refractivity contribution in [3.05, 3.63) is 60.2 Å². The zero-order chi connectivity index (χ0) is 12.5. The third kappa shape index (κ3) is 1.82. The molecule has 0 bridgehead atoms. The van der Waals surface area contributed by atoms with Crippen molar-refractivity contribution in [3.8, 4) is 11.3 Å². The van der Waals surface area contributed by atoms with E-state index in [1.807, 2.05) is 36.4 Å². The molecule has 0 aliphatic carbocycles. The lowest BCUT2D eigenvalue weighted by molar-refractivity contribution is 1.36. The van der Waals surface area contributed by atoms with Crippen molar-refractivity contribution in [2.75, 3.05) is 5.73 Å². The van der Waals surface area contributed by atoms with Gasteiger partial charge in [-0.1, -0.05) is 30.3 Å². The Kier molecular flexibility index (Phi) is 2.49. The molecule has 2 N–H and O–H groups in total. The van der Waals surface area contributed by atoms with Gasteiger partial charge >= 0.3 is 0 Å². The molecule has 2 aromatic carbocycles. The number of rotatable bonds is 1. The van der Waals surface area contributed by atoms with E-state index in [0.717, 1.165) is 33.4 Å². The van der Waals surface area contributed by atoms with E-state index in [4.69, 9.17) is 10.7 Å². The van der Waals surface area contributed by atoms with Crippen LogP contribution >= 0.6 is 0 Å². The first-order valence-corrected chi connectivity index (χ1v) is 5.96. The van der Waals surface area contributed by atoms with E-state index < -0.39 is 0 Å². The largest absolute Gasteiger partial charge is 0.399 e. The van der Waals surface area contributed by atoms with Crippen LogP contribution in [0.5, 0.6) is 0 Å². The Morgan fingerprint density at radius 3 is 2.61 bits per heavy atom. The zero-order valence-electron chi connectivity index (χ0n) is 10.2. The van der Waals surface area contributed by atoms with Crippen LogP contribution in [0.15, 0.2) is 54.6 Å². The topological polar surface area (TPSA) is 38.9 Å². The third-order valence-electron chi connectivity index (χ3n) is 3.12. The molecule has 1 heterocycles. The second-order valence-corrected chi connectivity index (χ2v) is 4.46. The van der Waals surface area contributed by atoms with Crippen molar-refractivity contribution in [2.45, 2.75) is 6.92 Å². The van der Waals surface area contributed by atoms with Gasteiger partial charge in [0.2, 0.25) is 0 Å². The molecule has 0 spiro atoms. The standard InChI is InChI=1S/C16H14N2/c1-11-10-13(17)7-8-14(11)16-9-6-12-4-2-3-5-15(12)18-16/h2-10H,17H2,1H3. The molecule has 0 saturated heterocycles. The number of fused-ring (bicyclic) bond motifs is 1. The summed E-state index contributed by atoms with van der Waals surface area (Å²) in [6, 6.07) is 18.2. The van der Waals surface area contributed by atoms with Crippen LogP contribution in [0.2, 0.25) is 0 Å². The van der Waals surface area contributed by atoms with Gasteiger partial charge in [-0.15, -0.1) is 0 Å². The lowest BCUT2D eigenvalue weighted by Gasteiger charge is -2.07. The lowest BCUT2D eigenvalue weighted by Crippen LogP contribution is -1.91. The second-order valence-electron chi connectivity index (χ2n) is 4.46. The predicted molar refractivity (Wildman–Crippen MR) is 76.3 cm³/mol. The van der Waals surface area contributed by atoms with Crippen molar-refractivity contribution in [1.82, 2.24) is 4.98 Å². The predicted octanol–water partition coefficient (Wildman–Crippen LogP) is 3.79. The number of aromatic nitrogens is 1. The summed E-state index contributed by atoms with van der Waals surface area (Å²) in [4.78, 5) is 4.70. The number of nitrogen functional groups attached to an aromatic ring is 1. The fourth-order valence-electron chi connectivity index (χ4n) is 2.19. The summed E-state index contributed by atoms with van der Waals surface area (Å²) in [5.41, 5.74) is 10.9. The van der Waals surface area contributed by atoms with Gasteiger partial charge < -0.3 is 5.73 Å². The van der Waals surface area contributed by atoms with Crippen molar-refractivity contribution in [3.63, 3.8) is 0 Å². The summed E-state index contributed by atoms with van der Waals surface area (Å²) in [5, 5.41) is 1.16. The van der Waals surface area contributed by atoms with Gasteiger partial charge in [0.25, 0.3) is 0 Å². The summed E-state index contributed by atoms with van der Waals surface area (Å²) < 4.78 is 0. The van der Waals surface area contributed by atoms with Crippen LogP contribution in [0.1, 0.15) is 5.56 Å². The molecule has 18 heavy (non-hydrogen) atoms. The molecule has 0 saturated carbocycles. The minimum Gasteiger partial charge on any atom is -0.399 e. The number of para-hydroxylation sites is 1. The first-order valence-electron chi connectivity index (χ1n) is 5.96. The Labute approximate surface area is 106 Å². The van der Waals surface area contributed by atoms with E-state index >= 15 is 0 Å². The number of nitrogens with zero attached hydrogens (tertiary/aromatic N) is 1. The highest BCUT2D eigenvalue weighted by Gasteiger charge is 2.04. The Balaban J connectivity index is 2.19. The van der Waals surface area contributed by atoms with Gasteiger partial charge in [-0.05, 0) is 36.8 Å². The van der Waals surface area contributed by atoms with E-state index in [1.165, 1.54) is 0 Å². The van der Waals surface area contributed by atoms with E-state index in [1.54, 1.807) is 0 Å². The number of hydrogen-bond donors (Lipinski definition) is 1. The molecule has 3 aromatic rings. The average Bonchev–Trinajstić information content (AvgIpc) is 2.38. The van der Waals surface area contributed by atoms with Gasteiger partial charge in [-0.25, -0.2) is 4.98 Å². The molecule has 88 valence electrons. The number of benzene rings is 2. The first-order chi connectivity index (χ1) is 8.74. The molecule has 2 heteroatoms. The van der Waals surface area contributed by atoms with Crippen molar-refractivity contribution in [1.29, 1.82) is 0 Å². The Hall–Kier alpha value is -2.35. The number of hydrogen-bond acceptors (Lipinski definition) is 2. The molecule has 0 radical (unpaired) electrons. The van der Waals surface area contributed by atoms with Crippen LogP contribution in [0.25, 0.3) is 22.2 Å². The highest BCUT2D eigenvalue weighted by atomic mass is 14.7. The van der Waals surface area contributed by atoms with Gasteiger partial charge in [0.1, 0.15) is 0 Å². The molecular weight excluding hydrogens is 220 g/mol. The first kappa shape index (κ1) is 10.8. The molecule has 0 atom stereocenters. The van der Waals surface area contributed by atoms with Crippen LogP contribution < -0.4 is 5.73 Å². The van der Waals surface area contributed by atoms with Gasteiger partial charge in [0.05, 0.1) is 11.2 Å². The number of aryl methyl sites for hydroxylation is 1. The second kappa shape index (κ2) is 4.15. The molecular formula is C16H14N2. The number of anilines is 1. The summed E-state index contributed by atoms with van der Waals surface area (Å²) >= 11 is 0. The summed E-state index contributed by atoms with van der Waals surface area (Å²) in [5.74, 6) is 0. The molecule has 0 aliphatic heterocycles. The number of pyridine rings is 1. The van der Waals surface area contributed by atoms with Gasteiger partial charge in [0.15, 0.2) is 0 Å². The van der Waals surface area contributed by atoms with E-state index in [0.29, 0.717) is 0 Å². The molecule has 0 fully saturated rings. The molecule has 0 unspecified atom stereocenters. The third-order valence-corrected chi connectivity index (χ3v) is 3.12. The lowest BCUT2D eigenvalue weighted by atomic mass is 10.0. The quantitative estimate of drug-likeness (QED) is 0.650. The monoisotopic (exact) mass is 234 g/mol. The fourth-order valence-corrected chi connectivity index (χ4v) is 2.19. The Morgan fingerprint density at radius 1 is 0.944 bits per heavy atom.